The SMILES string of the molecule is CCOc1c(I)cc(C=C2C(=O)NC(=O)N(c3cccc4ccccc34)C2=O)cc1OC. The fraction of sp³-hybridized carbons (Fsp3) is 0.125. The van der Waals surface area contributed by atoms with Crippen LogP contribution in [0.15, 0.2) is 60.2 Å². The van der Waals surface area contributed by atoms with Gasteiger partial charge in [-0.1, -0.05) is 36.4 Å². The molecule has 1 aliphatic heterocycles. The van der Waals surface area contributed by atoms with Crippen LogP contribution >= 0.6 is 22.6 Å². The van der Waals surface area contributed by atoms with E-state index >= 15 is 0 Å². The topological polar surface area (TPSA) is 84.9 Å². The molecule has 0 aromatic heterocycles. The van der Waals surface area contributed by atoms with Crippen molar-refractivity contribution < 1.29 is 23.9 Å². The van der Waals surface area contributed by atoms with E-state index in [9.17, 15) is 14.4 Å². The third kappa shape index (κ3) is 3.93. The van der Waals surface area contributed by atoms with Crippen molar-refractivity contribution in [3.63, 3.8) is 0 Å². The highest BCUT2D eigenvalue weighted by Crippen LogP contribution is 2.35. The first-order chi connectivity index (χ1) is 15.4. The van der Waals surface area contributed by atoms with E-state index < -0.39 is 17.8 Å². The highest BCUT2D eigenvalue weighted by Gasteiger charge is 2.37. The van der Waals surface area contributed by atoms with Crippen LogP contribution in [0.25, 0.3) is 16.8 Å². The molecule has 0 saturated carbocycles. The smallest absolute Gasteiger partial charge is 0.335 e. The normalized spacial score (nSPS) is 15.3. The zero-order valence-electron chi connectivity index (χ0n) is 17.3. The Balaban J connectivity index is 1.79. The van der Waals surface area contributed by atoms with Crippen LogP contribution in [0.5, 0.6) is 11.5 Å². The van der Waals surface area contributed by atoms with Gasteiger partial charge < -0.3 is 9.47 Å². The summed E-state index contributed by atoms with van der Waals surface area (Å²) >= 11 is 2.10. The summed E-state index contributed by atoms with van der Waals surface area (Å²) in [6.07, 6.45) is 1.45. The summed E-state index contributed by atoms with van der Waals surface area (Å²) in [5, 5.41) is 3.87. The second-order valence-electron chi connectivity index (χ2n) is 6.92. The van der Waals surface area contributed by atoms with E-state index in [-0.39, 0.29) is 5.57 Å². The monoisotopic (exact) mass is 542 g/mol. The summed E-state index contributed by atoms with van der Waals surface area (Å²) < 4.78 is 11.8. The average molecular weight is 542 g/mol. The molecule has 0 atom stereocenters. The minimum absolute atomic E-state index is 0.153. The minimum Gasteiger partial charge on any atom is -0.493 e. The van der Waals surface area contributed by atoms with Crippen LogP contribution in [-0.2, 0) is 9.59 Å². The van der Waals surface area contributed by atoms with Crippen molar-refractivity contribution in [2.24, 2.45) is 0 Å². The predicted molar refractivity (Wildman–Crippen MR) is 130 cm³/mol. The maximum Gasteiger partial charge on any atom is 0.335 e. The van der Waals surface area contributed by atoms with Gasteiger partial charge in [0.15, 0.2) is 11.5 Å². The molecule has 1 saturated heterocycles. The molecule has 8 heteroatoms. The molecule has 0 radical (unpaired) electrons. The number of amides is 4. The molecule has 7 nitrogen and oxygen atoms in total. The molecular weight excluding hydrogens is 523 g/mol. The largest absolute Gasteiger partial charge is 0.493 e. The molecule has 1 heterocycles. The number of barbiturate groups is 1. The van der Waals surface area contributed by atoms with E-state index in [0.717, 1.165) is 19.2 Å². The number of anilines is 1. The quantitative estimate of drug-likeness (QED) is 0.291. The van der Waals surface area contributed by atoms with Crippen LogP contribution in [0.3, 0.4) is 0 Å². The van der Waals surface area contributed by atoms with Crippen LogP contribution in [0, 0.1) is 3.57 Å². The average Bonchev–Trinajstić information content (AvgIpc) is 2.78. The Hall–Kier alpha value is -3.40. The van der Waals surface area contributed by atoms with Gasteiger partial charge in [0.05, 0.1) is 23.0 Å². The number of halogens is 1. The summed E-state index contributed by atoms with van der Waals surface area (Å²) in [6.45, 7) is 2.34. The van der Waals surface area contributed by atoms with Crippen LogP contribution in [0.4, 0.5) is 10.5 Å². The zero-order valence-corrected chi connectivity index (χ0v) is 19.5. The van der Waals surface area contributed by atoms with Gasteiger partial charge in [0.1, 0.15) is 5.57 Å². The lowest BCUT2D eigenvalue weighted by Crippen LogP contribution is -2.54. The van der Waals surface area contributed by atoms with Crippen molar-refractivity contribution in [3.05, 3.63) is 69.3 Å². The third-order valence-electron chi connectivity index (χ3n) is 4.96. The first kappa shape index (κ1) is 21.8. The van der Waals surface area contributed by atoms with Crippen LogP contribution in [0.1, 0.15) is 12.5 Å². The molecule has 0 bridgehead atoms. The maximum atomic E-state index is 13.3. The number of hydrogen-bond acceptors (Lipinski definition) is 5. The van der Waals surface area contributed by atoms with Gasteiger partial charge in [-0.3, -0.25) is 14.9 Å². The number of carbonyl (C=O) groups is 3. The summed E-state index contributed by atoms with van der Waals surface area (Å²) in [5.74, 6) is -0.377. The lowest BCUT2D eigenvalue weighted by atomic mass is 10.0. The number of methoxy groups -OCH3 is 1. The predicted octanol–water partition coefficient (Wildman–Crippen LogP) is 4.52. The number of fused-ring (bicyclic) bond motifs is 1. The Morgan fingerprint density at radius 2 is 1.81 bits per heavy atom. The number of imide groups is 2. The molecule has 3 aromatic carbocycles. The van der Waals surface area contributed by atoms with E-state index in [2.05, 4.69) is 27.9 Å². The number of carbonyl (C=O) groups excluding carboxylic acids is 3. The lowest BCUT2D eigenvalue weighted by Gasteiger charge is -2.27. The summed E-state index contributed by atoms with van der Waals surface area (Å²) in [4.78, 5) is 39.5. The molecule has 4 amide bonds. The van der Waals surface area contributed by atoms with Crippen LogP contribution < -0.4 is 19.7 Å². The summed E-state index contributed by atoms with van der Waals surface area (Å²) in [5.41, 5.74) is 0.822. The van der Waals surface area contributed by atoms with Crippen molar-refractivity contribution in [2.75, 3.05) is 18.6 Å². The van der Waals surface area contributed by atoms with E-state index in [1.165, 1.54) is 13.2 Å². The molecule has 0 spiro atoms. The van der Waals surface area contributed by atoms with Crippen molar-refractivity contribution in [1.82, 2.24) is 5.32 Å². The molecule has 162 valence electrons. The Morgan fingerprint density at radius 1 is 1.06 bits per heavy atom. The van der Waals surface area contributed by atoms with Crippen molar-refractivity contribution >= 4 is 63.0 Å². The van der Waals surface area contributed by atoms with E-state index in [0.29, 0.717) is 29.4 Å². The number of hydrogen-bond donors (Lipinski definition) is 1. The molecule has 1 N–H and O–H groups in total. The van der Waals surface area contributed by atoms with Gasteiger partial charge in [0, 0.05) is 5.39 Å². The van der Waals surface area contributed by atoms with Crippen molar-refractivity contribution in [1.29, 1.82) is 0 Å². The zero-order chi connectivity index (χ0) is 22.8. The third-order valence-corrected chi connectivity index (χ3v) is 5.76. The number of nitrogens with zero attached hydrogens (tertiary/aromatic N) is 1. The highest BCUT2D eigenvalue weighted by atomic mass is 127. The second-order valence-corrected chi connectivity index (χ2v) is 8.09. The van der Waals surface area contributed by atoms with Crippen LogP contribution in [-0.4, -0.2) is 31.6 Å². The van der Waals surface area contributed by atoms with E-state index in [1.54, 1.807) is 24.3 Å². The number of rotatable bonds is 5. The minimum atomic E-state index is -0.785. The number of urea groups is 1. The Labute approximate surface area is 198 Å². The first-order valence-electron chi connectivity index (χ1n) is 9.84. The molecule has 3 aromatic rings. The maximum absolute atomic E-state index is 13.3. The van der Waals surface area contributed by atoms with E-state index in [4.69, 9.17) is 9.47 Å². The van der Waals surface area contributed by atoms with Crippen molar-refractivity contribution in [2.45, 2.75) is 6.92 Å². The Morgan fingerprint density at radius 3 is 2.56 bits per heavy atom. The van der Waals surface area contributed by atoms with Gasteiger partial charge in [-0.2, -0.15) is 0 Å². The molecule has 0 aliphatic carbocycles. The fourth-order valence-electron chi connectivity index (χ4n) is 3.55. The van der Waals surface area contributed by atoms with Gasteiger partial charge in [0.2, 0.25) is 0 Å². The van der Waals surface area contributed by atoms with Gasteiger partial charge in [0.25, 0.3) is 11.8 Å². The molecule has 0 unspecified atom stereocenters. The van der Waals surface area contributed by atoms with Gasteiger partial charge >= 0.3 is 6.03 Å². The molecule has 1 fully saturated rings. The Bertz CT molecular complexity index is 1280. The summed E-state index contributed by atoms with van der Waals surface area (Å²) in [7, 11) is 1.52. The van der Waals surface area contributed by atoms with Gasteiger partial charge in [-0.05, 0) is 64.7 Å². The molecular formula is C24H19IN2O5. The molecule has 32 heavy (non-hydrogen) atoms. The van der Waals surface area contributed by atoms with Gasteiger partial charge in [-0.25, -0.2) is 9.69 Å². The van der Waals surface area contributed by atoms with Crippen LogP contribution in [0.2, 0.25) is 0 Å². The van der Waals surface area contributed by atoms with E-state index in [1.807, 2.05) is 37.3 Å². The first-order valence-corrected chi connectivity index (χ1v) is 10.9. The fourth-order valence-corrected chi connectivity index (χ4v) is 4.33. The Kier molecular flexibility index (Phi) is 6.13. The summed E-state index contributed by atoms with van der Waals surface area (Å²) in [6, 6.07) is 15.4. The van der Waals surface area contributed by atoms with Gasteiger partial charge in [-0.15, -0.1) is 0 Å². The number of ether oxygens (including phenoxy) is 2. The molecule has 4 rings (SSSR count). The highest BCUT2D eigenvalue weighted by molar-refractivity contribution is 14.1. The standard InChI is InChI=1S/C24H19IN2O5/c1-3-32-21-18(25)12-14(13-20(21)31-2)11-17-22(28)26-24(30)27(23(17)29)19-10-6-8-15-7-4-5-9-16(15)19/h4-13H,3H2,1-2H3,(H,26,28,30). The number of benzene rings is 3. The lowest BCUT2D eigenvalue weighted by molar-refractivity contribution is -0.122. The number of nitrogens with one attached hydrogen (secondary N) is 1. The van der Waals surface area contributed by atoms with Crippen molar-refractivity contribution in [3.8, 4) is 11.5 Å². The molecule has 1 aliphatic rings. The second kappa shape index (κ2) is 8.99.